The highest BCUT2D eigenvalue weighted by molar-refractivity contribution is 5.71. The summed E-state index contributed by atoms with van der Waals surface area (Å²) >= 11 is 0. The number of ether oxygens (including phenoxy) is 1. The van der Waals surface area contributed by atoms with Gasteiger partial charge in [0.05, 0.1) is 13.7 Å². The number of methoxy groups -OCH3 is 1. The number of aromatic hydroxyl groups is 1. The zero-order valence-corrected chi connectivity index (χ0v) is 9.64. The monoisotopic (exact) mass is 223 g/mol. The maximum Gasteiger partial charge on any atom is 0.319 e. The molecule has 4 heteroatoms. The third-order valence-electron chi connectivity index (χ3n) is 2.37. The van der Waals surface area contributed by atoms with Gasteiger partial charge in [-0.25, -0.2) is 0 Å². The van der Waals surface area contributed by atoms with Crippen molar-refractivity contribution in [3.05, 3.63) is 29.8 Å². The van der Waals surface area contributed by atoms with Crippen LogP contribution in [0.5, 0.6) is 5.75 Å². The van der Waals surface area contributed by atoms with E-state index < -0.39 is 0 Å². The molecule has 0 radical (unpaired) electrons. The Morgan fingerprint density at radius 1 is 1.38 bits per heavy atom. The lowest BCUT2D eigenvalue weighted by Gasteiger charge is -2.18. The van der Waals surface area contributed by atoms with Crippen LogP contribution in [0.1, 0.15) is 12.5 Å². The first-order valence-electron chi connectivity index (χ1n) is 5.22. The van der Waals surface area contributed by atoms with Crippen molar-refractivity contribution in [1.82, 2.24) is 4.90 Å². The first kappa shape index (κ1) is 12.5. The Labute approximate surface area is 95.5 Å². The van der Waals surface area contributed by atoms with Crippen molar-refractivity contribution in [3.8, 4) is 5.75 Å². The lowest BCUT2D eigenvalue weighted by molar-refractivity contribution is -0.142. The standard InChI is InChI=1S/C12H17NO3/c1-3-13(9-12(15)16-2)8-10-4-6-11(14)7-5-10/h4-7,14H,3,8-9H2,1-2H3. The first-order valence-corrected chi connectivity index (χ1v) is 5.22. The average molecular weight is 223 g/mol. The minimum Gasteiger partial charge on any atom is -0.508 e. The molecular weight excluding hydrogens is 206 g/mol. The second kappa shape index (κ2) is 6.12. The summed E-state index contributed by atoms with van der Waals surface area (Å²) in [5.74, 6) is 0.0143. The Morgan fingerprint density at radius 2 is 2.00 bits per heavy atom. The SMILES string of the molecule is CCN(CC(=O)OC)Cc1ccc(O)cc1. The van der Waals surface area contributed by atoms with E-state index in [1.807, 2.05) is 24.0 Å². The van der Waals surface area contributed by atoms with Gasteiger partial charge in [-0.05, 0) is 24.2 Å². The van der Waals surface area contributed by atoms with Gasteiger partial charge in [0.25, 0.3) is 0 Å². The fourth-order valence-electron chi connectivity index (χ4n) is 1.39. The zero-order valence-electron chi connectivity index (χ0n) is 9.64. The number of esters is 1. The van der Waals surface area contributed by atoms with Gasteiger partial charge in [0.2, 0.25) is 0 Å². The smallest absolute Gasteiger partial charge is 0.319 e. The van der Waals surface area contributed by atoms with E-state index in [4.69, 9.17) is 5.11 Å². The molecule has 0 saturated carbocycles. The Hall–Kier alpha value is -1.55. The number of nitrogens with zero attached hydrogens (tertiary/aromatic N) is 1. The first-order chi connectivity index (χ1) is 7.65. The molecule has 0 atom stereocenters. The highest BCUT2D eigenvalue weighted by Gasteiger charge is 2.09. The van der Waals surface area contributed by atoms with Gasteiger partial charge in [-0.15, -0.1) is 0 Å². The van der Waals surface area contributed by atoms with Crippen LogP contribution in [0.25, 0.3) is 0 Å². The maximum absolute atomic E-state index is 11.1. The fraction of sp³-hybridized carbons (Fsp3) is 0.417. The van der Waals surface area contributed by atoms with E-state index in [1.165, 1.54) is 7.11 Å². The van der Waals surface area contributed by atoms with Crippen LogP contribution < -0.4 is 0 Å². The Kier molecular flexibility index (Phi) is 4.79. The molecule has 16 heavy (non-hydrogen) atoms. The molecule has 4 nitrogen and oxygen atoms in total. The molecule has 0 spiro atoms. The number of likely N-dealkylation sites (N-methyl/N-ethyl adjacent to an activating group) is 1. The maximum atomic E-state index is 11.1. The van der Waals surface area contributed by atoms with Gasteiger partial charge in [0.15, 0.2) is 0 Å². The van der Waals surface area contributed by atoms with Crippen LogP contribution in [0.2, 0.25) is 0 Å². The number of carbonyl (C=O) groups is 1. The lowest BCUT2D eigenvalue weighted by atomic mass is 10.2. The molecule has 0 fully saturated rings. The minimum absolute atomic E-state index is 0.236. The van der Waals surface area contributed by atoms with Crippen LogP contribution >= 0.6 is 0 Å². The largest absolute Gasteiger partial charge is 0.508 e. The van der Waals surface area contributed by atoms with Crippen molar-refractivity contribution in [2.45, 2.75) is 13.5 Å². The summed E-state index contributed by atoms with van der Waals surface area (Å²) in [4.78, 5) is 13.1. The van der Waals surface area contributed by atoms with Crippen molar-refractivity contribution in [3.63, 3.8) is 0 Å². The van der Waals surface area contributed by atoms with E-state index in [2.05, 4.69) is 4.74 Å². The predicted octanol–water partition coefficient (Wildman–Crippen LogP) is 1.39. The van der Waals surface area contributed by atoms with Crippen LogP contribution in [-0.4, -0.2) is 36.2 Å². The Bertz CT molecular complexity index is 335. The average Bonchev–Trinajstić information content (AvgIpc) is 2.30. The molecular formula is C12H17NO3. The van der Waals surface area contributed by atoms with E-state index in [9.17, 15) is 4.79 Å². The molecule has 0 heterocycles. The molecule has 0 aliphatic heterocycles. The Balaban J connectivity index is 2.56. The summed E-state index contributed by atoms with van der Waals surface area (Å²) in [5, 5.41) is 9.14. The van der Waals surface area contributed by atoms with Crippen molar-refractivity contribution < 1.29 is 14.6 Å². The van der Waals surface area contributed by atoms with Gasteiger partial charge < -0.3 is 9.84 Å². The number of rotatable bonds is 5. The lowest BCUT2D eigenvalue weighted by Crippen LogP contribution is -2.29. The van der Waals surface area contributed by atoms with Gasteiger partial charge in [0.1, 0.15) is 5.75 Å². The van der Waals surface area contributed by atoms with E-state index in [1.54, 1.807) is 12.1 Å². The van der Waals surface area contributed by atoms with Crippen LogP contribution in [-0.2, 0) is 16.1 Å². The molecule has 0 aliphatic carbocycles. The number of phenols is 1. The third-order valence-corrected chi connectivity index (χ3v) is 2.37. The highest BCUT2D eigenvalue weighted by Crippen LogP contribution is 2.11. The second-order valence-corrected chi connectivity index (χ2v) is 3.55. The fourth-order valence-corrected chi connectivity index (χ4v) is 1.39. The van der Waals surface area contributed by atoms with Gasteiger partial charge >= 0.3 is 5.97 Å². The molecule has 0 unspecified atom stereocenters. The summed E-state index contributed by atoms with van der Waals surface area (Å²) in [7, 11) is 1.39. The molecule has 0 aromatic heterocycles. The molecule has 0 amide bonds. The number of phenolic OH excluding ortho intramolecular Hbond substituents is 1. The van der Waals surface area contributed by atoms with Crippen LogP contribution in [0.3, 0.4) is 0 Å². The van der Waals surface area contributed by atoms with E-state index in [-0.39, 0.29) is 18.3 Å². The van der Waals surface area contributed by atoms with Gasteiger partial charge in [-0.2, -0.15) is 0 Å². The number of carbonyl (C=O) groups excluding carboxylic acids is 1. The molecule has 1 aromatic carbocycles. The molecule has 0 aliphatic rings. The summed E-state index contributed by atoms with van der Waals surface area (Å²) in [6.07, 6.45) is 0. The molecule has 0 saturated heterocycles. The Morgan fingerprint density at radius 3 is 2.50 bits per heavy atom. The zero-order chi connectivity index (χ0) is 12.0. The van der Waals surface area contributed by atoms with E-state index >= 15 is 0 Å². The summed E-state index contributed by atoms with van der Waals surface area (Å²) in [6.45, 7) is 3.72. The summed E-state index contributed by atoms with van der Waals surface area (Å²) < 4.78 is 4.62. The van der Waals surface area contributed by atoms with Crippen molar-refractivity contribution in [2.75, 3.05) is 20.2 Å². The summed E-state index contributed by atoms with van der Waals surface area (Å²) in [5.41, 5.74) is 1.06. The molecule has 88 valence electrons. The number of benzene rings is 1. The predicted molar refractivity (Wildman–Crippen MR) is 61.1 cm³/mol. The molecule has 1 rings (SSSR count). The minimum atomic E-state index is -0.236. The normalized spacial score (nSPS) is 10.4. The summed E-state index contributed by atoms with van der Waals surface area (Å²) in [6, 6.07) is 6.97. The molecule has 1 aromatic rings. The van der Waals surface area contributed by atoms with Crippen LogP contribution in [0.15, 0.2) is 24.3 Å². The molecule has 1 N–H and O–H groups in total. The van der Waals surface area contributed by atoms with Crippen molar-refractivity contribution >= 4 is 5.97 Å². The molecule has 0 bridgehead atoms. The van der Waals surface area contributed by atoms with E-state index in [0.29, 0.717) is 6.54 Å². The van der Waals surface area contributed by atoms with E-state index in [0.717, 1.165) is 12.1 Å². The van der Waals surface area contributed by atoms with Gasteiger partial charge in [-0.1, -0.05) is 19.1 Å². The van der Waals surface area contributed by atoms with Crippen molar-refractivity contribution in [2.24, 2.45) is 0 Å². The quantitative estimate of drug-likeness (QED) is 0.766. The van der Waals surface area contributed by atoms with Crippen LogP contribution in [0.4, 0.5) is 0 Å². The third kappa shape index (κ3) is 3.90. The number of hydrogen-bond donors (Lipinski definition) is 1. The second-order valence-electron chi connectivity index (χ2n) is 3.55. The highest BCUT2D eigenvalue weighted by atomic mass is 16.5. The van der Waals surface area contributed by atoms with Crippen molar-refractivity contribution in [1.29, 1.82) is 0 Å². The van der Waals surface area contributed by atoms with Gasteiger partial charge in [0, 0.05) is 6.54 Å². The number of hydrogen-bond acceptors (Lipinski definition) is 4. The van der Waals surface area contributed by atoms with Crippen LogP contribution in [0, 0.1) is 0 Å². The van der Waals surface area contributed by atoms with Gasteiger partial charge in [-0.3, -0.25) is 9.69 Å². The topological polar surface area (TPSA) is 49.8 Å².